The molecule has 0 unspecified atom stereocenters. The number of rotatable bonds is 3. The molecule has 0 spiro atoms. The van der Waals surface area contributed by atoms with Crippen LogP contribution in [-0.4, -0.2) is 5.97 Å². The van der Waals surface area contributed by atoms with Crippen LogP contribution in [0.15, 0.2) is 36.9 Å². The largest absolute Gasteiger partial charge is 0.426 e. The molecule has 0 heterocycles. The Hall–Kier alpha value is -1.57. The molecule has 1 rings (SSSR count). The Balaban J connectivity index is 2.52. The molecule has 0 aliphatic heterocycles. The molecule has 61 valence electrons. The normalized spacial score (nSPS) is 9.00. The van der Waals surface area contributed by atoms with Crippen LogP contribution in [0.1, 0.15) is 6.42 Å². The lowest BCUT2D eigenvalue weighted by atomic mass is 10.3. The Labute approximate surface area is 71.5 Å². The first-order valence-electron chi connectivity index (χ1n) is 3.61. The zero-order valence-corrected chi connectivity index (χ0v) is 6.62. The summed E-state index contributed by atoms with van der Waals surface area (Å²) in [5, 5.41) is 0. The summed E-state index contributed by atoms with van der Waals surface area (Å²) in [5.41, 5.74) is 0. The average Bonchev–Trinajstić information content (AvgIpc) is 2.06. The summed E-state index contributed by atoms with van der Waals surface area (Å²) < 4.78 is 4.89. The highest BCUT2D eigenvalue weighted by Crippen LogP contribution is 2.07. The van der Waals surface area contributed by atoms with E-state index in [9.17, 15) is 4.79 Å². The van der Waals surface area contributed by atoms with Crippen molar-refractivity contribution in [2.24, 2.45) is 0 Å². The van der Waals surface area contributed by atoms with Crippen molar-refractivity contribution < 1.29 is 9.53 Å². The maximum atomic E-state index is 10.9. The van der Waals surface area contributed by atoms with Crippen LogP contribution < -0.4 is 4.74 Å². The second kappa shape index (κ2) is 4.34. The first kappa shape index (κ1) is 8.53. The van der Waals surface area contributed by atoms with Crippen LogP contribution in [-0.2, 0) is 4.79 Å². The van der Waals surface area contributed by atoms with Gasteiger partial charge in [0.25, 0.3) is 0 Å². The topological polar surface area (TPSA) is 26.3 Å². The Kier molecular flexibility index (Phi) is 3.08. The third-order valence-electron chi connectivity index (χ3n) is 1.22. The Morgan fingerprint density at radius 1 is 1.67 bits per heavy atom. The number of para-hydroxylation sites is 1. The molecule has 0 saturated heterocycles. The average molecular weight is 161 g/mol. The fraction of sp³-hybridized carbons (Fsp3) is 0.100. The summed E-state index contributed by atoms with van der Waals surface area (Å²) in [6.45, 7) is 3.43. The van der Waals surface area contributed by atoms with E-state index in [1.165, 1.54) is 6.08 Å². The van der Waals surface area contributed by atoms with Gasteiger partial charge in [-0.15, -0.1) is 6.58 Å². The molecule has 1 aromatic carbocycles. The van der Waals surface area contributed by atoms with Crippen molar-refractivity contribution in [3.8, 4) is 5.75 Å². The number of ether oxygens (including phenoxy) is 1. The molecule has 0 amide bonds. The van der Waals surface area contributed by atoms with E-state index in [1.807, 2.05) is 6.07 Å². The van der Waals surface area contributed by atoms with Crippen molar-refractivity contribution in [1.82, 2.24) is 0 Å². The molecule has 2 heteroatoms. The molecule has 0 aromatic heterocycles. The fourth-order valence-electron chi connectivity index (χ4n) is 0.723. The molecule has 12 heavy (non-hydrogen) atoms. The summed E-state index contributed by atoms with van der Waals surface area (Å²) in [6, 6.07) is 9.75. The van der Waals surface area contributed by atoms with Gasteiger partial charge in [0, 0.05) is 6.07 Å². The summed E-state index contributed by atoms with van der Waals surface area (Å²) in [7, 11) is 0. The first-order chi connectivity index (χ1) is 5.83. The van der Waals surface area contributed by atoms with E-state index in [0.717, 1.165) is 0 Å². The van der Waals surface area contributed by atoms with Crippen molar-refractivity contribution in [3.63, 3.8) is 0 Å². The Morgan fingerprint density at radius 3 is 3.08 bits per heavy atom. The number of hydrogen-bond donors (Lipinski definition) is 0. The van der Waals surface area contributed by atoms with Gasteiger partial charge in [-0.3, -0.25) is 4.79 Å². The van der Waals surface area contributed by atoms with Gasteiger partial charge in [-0.25, -0.2) is 0 Å². The standard InChI is InChI=1S/C10H9O2/c1-2-6-10(11)12-9-7-4-3-5-8-9/h2-5,7H,1,6H2. The minimum absolute atomic E-state index is 0.225. The second-order valence-electron chi connectivity index (χ2n) is 2.19. The van der Waals surface area contributed by atoms with E-state index >= 15 is 0 Å². The summed E-state index contributed by atoms with van der Waals surface area (Å²) in [5.74, 6) is 0.136. The van der Waals surface area contributed by atoms with Crippen LogP contribution in [0, 0.1) is 6.07 Å². The fourth-order valence-corrected chi connectivity index (χ4v) is 0.723. The molecule has 1 aromatic rings. The summed E-state index contributed by atoms with van der Waals surface area (Å²) in [6.07, 6.45) is 1.73. The van der Waals surface area contributed by atoms with Gasteiger partial charge in [-0.1, -0.05) is 24.3 Å². The highest BCUT2D eigenvalue weighted by atomic mass is 16.5. The minimum atomic E-state index is -0.313. The van der Waals surface area contributed by atoms with Crippen LogP contribution in [0.5, 0.6) is 5.75 Å². The van der Waals surface area contributed by atoms with Crippen LogP contribution in [0.2, 0.25) is 0 Å². The molecular formula is C10H9O2. The number of hydrogen-bond acceptors (Lipinski definition) is 2. The van der Waals surface area contributed by atoms with Crippen molar-refractivity contribution in [2.45, 2.75) is 6.42 Å². The SMILES string of the molecule is C=CCC(=O)Oc1[c]cccc1. The summed E-state index contributed by atoms with van der Waals surface area (Å²) in [4.78, 5) is 10.9. The van der Waals surface area contributed by atoms with Crippen molar-refractivity contribution in [2.75, 3.05) is 0 Å². The van der Waals surface area contributed by atoms with Gasteiger partial charge in [0.1, 0.15) is 5.75 Å². The predicted molar refractivity (Wildman–Crippen MR) is 45.7 cm³/mol. The second-order valence-corrected chi connectivity index (χ2v) is 2.19. The Bertz CT molecular complexity index is 264. The predicted octanol–water partition coefficient (Wildman–Crippen LogP) is 1.97. The van der Waals surface area contributed by atoms with Crippen molar-refractivity contribution >= 4 is 5.97 Å². The lowest BCUT2D eigenvalue weighted by Crippen LogP contribution is -2.05. The molecule has 0 fully saturated rings. The molecule has 0 bridgehead atoms. The van der Waals surface area contributed by atoms with Gasteiger partial charge in [0.15, 0.2) is 0 Å². The maximum absolute atomic E-state index is 10.9. The number of carbonyl (C=O) groups excluding carboxylic acids is 1. The van der Waals surface area contributed by atoms with E-state index in [1.54, 1.807) is 18.2 Å². The van der Waals surface area contributed by atoms with E-state index in [0.29, 0.717) is 5.75 Å². The summed E-state index contributed by atoms with van der Waals surface area (Å²) >= 11 is 0. The molecule has 0 aliphatic rings. The van der Waals surface area contributed by atoms with Gasteiger partial charge >= 0.3 is 5.97 Å². The van der Waals surface area contributed by atoms with E-state index in [4.69, 9.17) is 4.74 Å². The van der Waals surface area contributed by atoms with Gasteiger partial charge < -0.3 is 4.74 Å². The van der Waals surface area contributed by atoms with E-state index < -0.39 is 0 Å². The number of carbonyl (C=O) groups is 1. The third-order valence-corrected chi connectivity index (χ3v) is 1.22. The molecule has 1 radical (unpaired) electrons. The van der Waals surface area contributed by atoms with E-state index in [-0.39, 0.29) is 12.4 Å². The molecule has 2 nitrogen and oxygen atoms in total. The van der Waals surface area contributed by atoms with Gasteiger partial charge in [-0.2, -0.15) is 0 Å². The molecule has 0 saturated carbocycles. The zero-order valence-electron chi connectivity index (χ0n) is 6.62. The third kappa shape index (κ3) is 2.58. The number of esters is 1. The lowest BCUT2D eigenvalue weighted by molar-refractivity contribution is -0.133. The van der Waals surface area contributed by atoms with Crippen LogP contribution in [0.25, 0.3) is 0 Å². The molecule has 0 atom stereocenters. The van der Waals surface area contributed by atoms with Crippen LogP contribution >= 0.6 is 0 Å². The first-order valence-corrected chi connectivity index (χ1v) is 3.61. The number of benzene rings is 1. The smallest absolute Gasteiger partial charge is 0.315 e. The minimum Gasteiger partial charge on any atom is -0.426 e. The van der Waals surface area contributed by atoms with Crippen molar-refractivity contribution in [1.29, 1.82) is 0 Å². The van der Waals surface area contributed by atoms with Crippen molar-refractivity contribution in [3.05, 3.63) is 43.0 Å². The van der Waals surface area contributed by atoms with Gasteiger partial charge in [0.2, 0.25) is 0 Å². The Morgan fingerprint density at radius 2 is 2.50 bits per heavy atom. The molecular weight excluding hydrogens is 152 g/mol. The van der Waals surface area contributed by atoms with Crippen LogP contribution in [0.3, 0.4) is 0 Å². The maximum Gasteiger partial charge on any atom is 0.315 e. The highest BCUT2D eigenvalue weighted by molar-refractivity contribution is 5.73. The zero-order chi connectivity index (χ0) is 8.81. The molecule has 0 N–H and O–H groups in total. The quantitative estimate of drug-likeness (QED) is 0.385. The lowest BCUT2D eigenvalue weighted by Gasteiger charge is -1.99. The molecule has 0 aliphatic carbocycles. The van der Waals surface area contributed by atoms with Gasteiger partial charge in [-0.05, 0) is 6.07 Å². The van der Waals surface area contributed by atoms with Crippen LogP contribution in [0.4, 0.5) is 0 Å². The monoisotopic (exact) mass is 161 g/mol. The van der Waals surface area contributed by atoms with Gasteiger partial charge in [0.05, 0.1) is 6.42 Å². The van der Waals surface area contributed by atoms with E-state index in [2.05, 4.69) is 12.6 Å². The highest BCUT2D eigenvalue weighted by Gasteiger charge is 1.99.